The number of rotatable bonds is 0. The fourth-order valence-electron chi connectivity index (χ4n) is 1.31. The highest BCUT2D eigenvalue weighted by Crippen LogP contribution is 2.32. The third kappa shape index (κ3) is 1.52. The quantitative estimate of drug-likeness (QED) is 0.537. The van der Waals surface area contributed by atoms with Crippen molar-refractivity contribution in [3.8, 4) is 12.1 Å². The van der Waals surface area contributed by atoms with Crippen molar-refractivity contribution in [2.24, 2.45) is 5.41 Å². The number of ketones is 1. The zero-order chi connectivity index (χ0) is 9.19. The second-order valence-corrected chi connectivity index (χ2v) is 3.27. The number of allylic oxidation sites excluding steroid dienone is 2. The Morgan fingerprint density at radius 1 is 1.50 bits per heavy atom. The van der Waals surface area contributed by atoms with Crippen LogP contribution < -0.4 is 0 Å². The Hall–Kier alpha value is -1.61. The first kappa shape index (κ1) is 8.49. The largest absolute Gasteiger partial charge is 0.295 e. The Morgan fingerprint density at radius 3 is 2.67 bits per heavy atom. The molecular formula is C9H8N2O. The molecule has 0 aromatic carbocycles. The van der Waals surface area contributed by atoms with Crippen LogP contribution in [0.4, 0.5) is 0 Å². The Balaban J connectivity index is 2.98. The van der Waals surface area contributed by atoms with Crippen molar-refractivity contribution in [2.75, 3.05) is 0 Å². The lowest BCUT2D eigenvalue weighted by molar-refractivity contribution is -0.116. The van der Waals surface area contributed by atoms with E-state index in [1.807, 2.05) is 6.07 Å². The van der Waals surface area contributed by atoms with Crippen LogP contribution in [0.15, 0.2) is 11.6 Å². The standard InChI is InChI=1S/C9H8N2O/c1-9(6-11)3-7(5-10)2-8(12)4-9/h2H,3-4H2,1H3. The topological polar surface area (TPSA) is 64.7 Å². The second kappa shape index (κ2) is 2.79. The van der Waals surface area contributed by atoms with E-state index in [0.29, 0.717) is 12.0 Å². The van der Waals surface area contributed by atoms with E-state index in [1.165, 1.54) is 6.08 Å². The van der Waals surface area contributed by atoms with Gasteiger partial charge < -0.3 is 0 Å². The van der Waals surface area contributed by atoms with Gasteiger partial charge in [0.1, 0.15) is 0 Å². The molecule has 0 aromatic rings. The van der Waals surface area contributed by atoms with Gasteiger partial charge in [-0.25, -0.2) is 0 Å². The lowest BCUT2D eigenvalue weighted by atomic mass is 9.77. The molecule has 1 aliphatic carbocycles. The van der Waals surface area contributed by atoms with Crippen LogP contribution in [0.3, 0.4) is 0 Å². The van der Waals surface area contributed by atoms with Crippen molar-refractivity contribution < 1.29 is 4.79 Å². The Bertz CT molecular complexity index is 329. The molecule has 0 saturated heterocycles. The number of hydrogen-bond acceptors (Lipinski definition) is 3. The van der Waals surface area contributed by atoms with Crippen LogP contribution in [-0.4, -0.2) is 5.78 Å². The Kier molecular flexibility index (Phi) is 1.97. The maximum Gasteiger partial charge on any atom is 0.158 e. The second-order valence-electron chi connectivity index (χ2n) is 3.27. The minimum Gasteiger partial charge on any atom is -0.295 e. The number of hydrogen-bond donors (Lipinski definition) is 0. The van der Waals surface area contributed by atoms with Crippen LogP contribution in [0, 0.1) is 28.1 Å². The molecule has 1 atom stereocenters. The fraction of sp³-hybridized carbons (Fsp3) is 0.444. The first-order valence-electron chi connectivity index (χ1n) is 3.64. The van der Waals surface area contributed by atoms with E-state index in [4.69, 9.17) is 10.5 Å². The molecule has 1 rings (SSSR count). The maximum absolute atomic E-state index is 11.0. The maximum atomic E-state index is 11.0. The summed E-state index contributed by atoms with van der Waals surface area (Å²) in [5.74, 6) is -0.123. The average molecular weight is 160 g/mol. The number of carbonyl (C=O) groups is 1. The molecule has 12 heavy (non-hydrogen) atoms. The molecule has 60 valence electrons. The normalized spacial score (nSPS) is 28.6. The Morgan fingerprint density at radius 2 is 2.17 bits per heavy atom. The van der Waals surface area contributed by atoms with Crippen molar-refractivity contribution in [3.05, 3.63) is 11.6 Å². The number of nitrogens with zero attached hydrogens (tertiary/aromatic N) is 2. The van der Waals surface area contributed by atoms with Crippen LogP contribution >= 0.6 is 0 Å². The van der Waals surface area contributed by atoms with Gasteiger partial charge in [-0.05, 0) is 13.0 Å². The van der Waals surface area contributed by atoms with E-state index in [-0.39, 0.29) is 12.2 Å². The van der Waals surface area contributed by atoms with Crippen molar-refractivity contribution in [2.45, 2.75) is 19.8 Å². The fourth-order valence-corrected chi connectivity index (χ4v) is 1.31. The van der Waals surface area contributed by atoms with Crippen molar-refractivity contribution in [3.63, 3.8) is 0 Å². The van der Waals surface area contributed by atoms with Gasteiger partial charge >= 0.3 is 0 Å². The smallest absolute Gasteiger partial charge is 0.158 e. The monoisotopic (exact) mass is 160 g/mol. The summed E-state index contributed by atoms with van der Waals surface area (Å²) in [5, 5.41) is 17.3. The summed E-state index contributed by atoms with van der Waals surface area (Å²) in [5.41, 5.74) is -0.257. The van der Waals surface area contributed by atoms with Gasteiger partial charge in [0.05, 0.1) is 17.6 Å². The molecule has 0 aromatic heterocycles. The highest BCUT2D eigenvalue weighted by Gasteiger charge is 2.31. The molecule has 0 N–H and O–H groups in total. The predicted octanol–water partition coefficient (Wildman–Crippen LogP) is 1.33. The first-order chi connectivity index (χ1) is 5.59. The SMILES string of the molecule is CC1(C#N)CC(=O)C=C(C#N)C1. The van der Waals surface area contributed by atoms with Gasteiger partial charge in [0.2, 0.25) is 0 Å². The van der Waals surface area contributed by atoms with Gasteiger partial charge in [-0.2, -0.15) is 10.5 Å². The molecule has 0 heterocycles. The lowest BCUT2D eigenvalue weighted by Crippen LogP contribution is -2.23. The molecule has 0 amide bonds. The van der Waals surface area contributed by atoms with Gasteiger partial charge in [0, 0.05) is 18.4 Å². The van der Waals surface area contributed by atoms with Gasteiger partial charge in [-0.3, -0.25) is 4.79 Å². The van der Waals surface area contributed by atoms with Gasteiger partial charge in [-0.15, -0.1) is 0 Å². The van der Waals surface area contributed by atoms with E-state index in [0.717, 1.165) is 0 Å². The summed E-state index contributed by atoms with van der Waals surface area (Å²) >= 11 is 0. The van der Waals surface area contributed by atoms with E-state index in [1.54, 1.807) is 6.92 Å². The summed E-state index contributed by atoms with van der Waals surface area (Å²) < 4.78 is 0. The van der Waals surface area contributed by atoms with Crippen LogP contribution in [-0.2, 0) is 4.79 Å². The number of nitriles is 2. The predicted molar refractivity (Wildman–Crippen MR) is 41.7 cm³/mol. The summed E-state index contributed by atoms with van der Waals surface area (Å²) in [7, 11) is 0. The highest BCUT2D eigenvalue weighted by molar-refractivity contribution is 5.92. The summed E-state index contributed by atoms with van der Waals surface area (Å²) in [4.78, 5) is 11.0. The Labute approximate surface area is 70.9 Å². The molecule has 0 saturated carbocycles. The zero-order valence-corrected chi connectivity index (χ0v) is 6.79. The average Bonchev–Trinajstić information content (AvgIpc) is 2.03. The molecule has 0 bridgehead atoms. The van der Waals surface area contributed by atoms with Crippen LogP contribution in [0.5, 0.6) is 0 Å². The van der Waals surface area contributed by atoms with E-state index < -0.39 is 5.41 Å². The number of carbonyl (C=O) groups excluding carboxylic acids is 1. The minimum atomic E-state index is -0.670. The van der Waals surface area contributed by atoms with Crippen LogP contribution in [0.25, 0.3) is 0 Å². The molecule has 0 fully saturated rings. The summed E-state index contributed by atoms with van der Waals surface area (Å²) in [6.07, 6.45) is 1.96. The third-order valence-corrected chi connectivity index (χ3v) is 1.89. The van der Waals surface area contributed by atoms with Gasteiger partial charge in [0.15, 0.2) is 5.78 Å². The van der Waals surface area contributed by atoms with E-state index >= 15 is 0 Å². The third-order valence-electron chi connectivity index (χ3n) is 1.89. The van der Waals surface area contributed by atoms with E-state index in [9.17, 15) is 4.79 Å². The minimum absolute atomic E-state index is 0.123. The lowest BCUT2D eigenvalue weighted by Gasteiger charge is -2.22. The molecule has 3 heteroatoms. The first-order valence-corrected chi connectivity index (χ1v) is 3.64. The van der Waals surface area contributed by atoms with Gasteiger partial charge in [0.25, 0.3) is 0 Å². The highest BCUT2D eigenvalue weighted by atomic mass is 16.1. The molecule has 0 aliphatic heterocycles. The summed E-state index contributed by atoms with van der Waals surface area (Å²) in [6.45, 7) is 1.70. The van der Waals surface area contributed by atoms with Crippen molar-refractivity contribution in [1.29, 1.82) is 10.5 Å². The van der Waals surface area contributed by atoms with Crippen molar-refractivity contribution in [1.82, 2.24) is 0 Å². The van der Waals surface area contributed by atoms with Gasteiger partial charge in [-0.1, -0.05) is 0 Å². The van der Waals surface area contributed by atoms with Crippen molar-refractivity contribution >= 4 is 5.78 Å². The van der Waals surface area contributed by atoms with E-state index in [2.05, 4.69) is 6.07 Å². The molecular weight excluding hydrogens is 152 g/mol. The molecule has 3 nitrogen and oxygen atoms in total. The molecule has 1 aliphatic rings. The molecule has 0 spiro atoms. The van der Waals surface area contributed by atoms with Crippen LogP contribution in [0.1, 0.15) is 19.8 Å². The summed E-state index contributed by atoms with van der Waals surface area (Å²) in [6, 6.07) is 3.98. The van der Waals surface area contributed by atoms with Crippen LogP contribution in [0.2, 0.25) is 0 Å². The zero-order valence-electron chi connectivity index (χ0n) is 6.79. The molecule has 1 unspecified atom stereocenters. The molecule has 0 radical (unpaired) electrons.